The van der Waals surface area contributed by atoms with Gasteiger partial charge in [-0.1, -0.05) is 0 Å². The number of pyridine rings is 1. The van der Waals surface area contributed by atoms with E-state index in [1.807, 2.05) is 0 Å². The average Bonchev–Trinajstić information content (AvgIpc) is 2.58. The van der Waals surface area contributed by atoms with E-state index in [0.29, 0.717) is 17.2 Å². The quantitative estimate of drug-likeness (QED) is 0.629. The lowest BCUT2D eigenvalue weighted by Gasteiger charge is -2.13. The molecule has 0 unspecified atom stereocenters. The van der Waals surface area contributed by atoms with Gasteiger partial charge in [-0.3, -0.25) is 24.3 Å². The van der Waals surface area contributed by atoms with Gasteiger partial charge in [-0.25, -0.2) is 0 Å². The summed E-state index contributed by atoms with van der Waals surface area (Å²) in [6.07, 6.45) is 0. The maximum Gasteiger partial charge on any atom is 0.288 e. The molecule has 2 rings (SSSR count). The maximum absolute atomic E-state index is 12.3. The van der Waals surface area contributed by atoms with Crippen molar-refractivity contribution in [3.63, 3.8) is 0 Å². The van der Waals surface area contributed by atoms with Gasteiger partial charge in [0.05, 0.1) is 30.5 Å². The third-order valence-electron chi connectivity index (χ3n) is 3.61. The first kappa shape index (κ1) is 18.0. The second-order valence-electron chi connectivity index (χ2n) is 5.10. The molecule has 2 aromatic rings. The van der Waals surface area contributed by atoms with E-state index < -0.39 is 16.4 Å². The molecule has 1 aromatic heterocycles. The van der Waals surface area contributed by atoms with Crippen molar-refractivity contribution >= 4 is 17.3 Å². The van der Waals surface area contributed by atoms with Gasteiger partial charge in [-0.05, 0) is 19.1 Å². The zero-order valence-electron chi connectivity index (χ0n) is 13.9. The molecule has 0 aliphatic heterocycles. The maximum atomic E-state index is 12.3. The summed E-state index contributed by atoms with van der Waals surface area (Å²) >= 11 is 0. The van der Waals surface area contributed by atoms with Crippen molar-refractivity contribution in [1.29, 1.82) is 0 Å². The summed E-state index contributed by atoms with van der Waals surface area (Å²) in [4.78, 5) is 34.6. The Balaban J connectivity index is 2.26. The average molecular weight is 347 g/mol. The molecular weight excluding hydrogens is 330 g/mol. The van der Waals surface area contributed by atoms with Crippen molar-refractivity contribution in [2.24, 2.45) is 0 Å². The molecule has 0 saturated heterocycles. The van der Waals surface area contributed by atoms with Crippen molar-refractivity contribution < 1.29 is 19.2 Å². The van der Waals surface area contributed by atoms with Crippen molar-refractivity contribution in [3.8, 4) is 11.5 Å². The number of benzene rings is 1. The van der Waals surface area contributed by atoms with E-state index in [4.69, 9.17) is 9.47 Å². The minimum Gasteiger partial charge on any atom is -0.497 e. The molecule has 0 fully saturated rings. The summed E-state index contributed by atoms with van der Waals surface area (Å²) in [5.74, 6) is 0.422. The lowest BCUT2D eigenvalue weighted by Crippen LogP contribution is -2.29. The molecule has 1 heterocycles. The number of amides is 1. The topological polar surface area (TPSA) is 113 Å². The van der Waals surface area contributed by atoms with Gasteiger partial charge in [0.2, 0.25) is 5.91 Å². The minimum atomic E-state index is -0.602. The molecule has 0 aliphatic rings. The number of ether oxygens (including phenoxy) is 2. The van der Waals surface area contributed by atoms with Gasteiger partial charge in [-0.15, -0.1) is 0 Å². The van der Waals surface area contributed by atoms with Gasteiger partial charge < -0.3 is 14.8 Å². The molecule has 1 aromatic carbocycles. The highest BCUT2D eigenvalue weighted by molar-refractivity contribution is 5.92. The largest absolute Gasteiger partial charge is 0.497 e. The first-order valence-corrected chi connectivity index (χ1v) is 7.24. The van der Waals surface area contributed by atoms with Crippen LogP contribution in [0.3, 0.4) is 0 Å². The van der Waals surface area contributed by atoms with E-state index in [-0.39, 0.29) is 17.9 Å². The highest BCUT2D eigenvalue weighted by Gasteiger charge is 2.17. The molecule has 9 nitrogen and oxygen atoms in total. The van der Waals surface area contributed by atoms with Gasteiger partial charge in [0.25, 0.3) is 11.2 Å². The summed E-state index contributed by atoms with van der Waals surface area (Å²) in [6.45, 7) is 1.06. The van der Waals surface area contributed by atoms with Crippen LogP contribution in [0.25, 0.3) is 0 Å². The fraction of sp³-hybridized carbons (Fsp3) is 0.250. The molecule has 0 aliphatic carbocycles. The van der Waals surface area contributed by atoms with E-state index in [1.54, 1.807) is 18.2 Å². The monoisotopic (exact) mass is 347 g/mol. The second-order valence-corrected chi connectivity index (χ2v) is 5.10. The number of methoxy groups -OCH3 is 2. The van der Waals surface area contributed by atoms with E-state index in [2.05, 4.69) is 5.32 Å². The van der Waals surface area contributed by atoms with Crippen LogP contribution in [0.5, 0.6) is 11.5 Å². The number of hydrogen-bond donors (Lipinski definition) is 1. The van der Waals surface area contributed by atoms with Crippen molar-refractivity contribution in [2.45, 2.75) is 13.5 Å². The van der Waals surface area contributed by atoms with Crippen LogP contribution < -0.4 is 20.3 Å². The summed E-state index contributed by atoms with van der Waals surface area (Å²) in [5, 5.41) is 13.6. The molecule has 1 amide bonds. The molecule has 1 N–H and O–H groups in total. The molecule has 0 saturated carbocycles. The van der Waals surface area contributed by atoms with Crippen LogP contribution in [-0.4, -0.2) is 29.6 Å². The standard InChI is InChI=1S/C16H17N3O6/c1-10-13(19(22)23)6-7-16(21)18(10)9-15(20)17-12-5-4-11(24-2)8-14(12)25-3/h4-8H,9H2,1-3H3,(H,17,20). The third-order valence-corrected chi connectivity index (χ3v) is 3.61. The SMILES string of the molecule is COc1ccc(NC(=O)Cn2c(C)c([N+](=O)[O-])ccc2=O)c(OC)c1. The Morgan fingerprint density at radius 2 is 1.96 bits per heavy atom. The van der Waals surface area contributed by atoms with E-state index in [0.717, 1.165) is 16.7 Å². The van der Waals surface area contributed by atoms with E-state index in [1.165, 1.54) is 21.1 Å². The number of carbonyl (C=O) groups excluding carboxylic acids is 1. The Labute approximate surface area is 142 Å². The highest BCUT2D eigenvalue weighted by Crippen LogP contribution is 2.29. The minimum absolute atomic E-state index is 0.106. The van der Waals surface area contributed by atoms with E-state index >= 15 is 0 Å². The van der Waals surface area contributed by atoms with Crippen LogP contribution in [0.1, 0.15) is 5.69 Å². The van der Waals surface area contributed by atoms with Gasteiger partial charge >= 0.3 is 0 Å². The van der Waals surface area contributed by atoms with Crippen LogP contribution in [0.4, 0.5) is 11.4 Å². The number of nitrogens with zero attached hydrogens (tertiary/aromatic N) is 2. The fourth-order valence-corrected chi connectivity index (χ4v) is 2.29. The Morgan fingerprint density at radius 1 is 1.24 bits per heavy atom. The number of nitrogens with one attached hydrogen (secondary N) is 1. The van der Waals surface area contributed by atoms with Crippen LogP contribution in [0, 0.1) is 17.0 Å². The molecule has 0 spiro atoms. The number of anilines is 1. The number of hydrogen-bond acceptors (Lipinski definition) is 6. The van der Waals surface area contributed by atoms with Gasteiger partial charge in [0.1, 0.15) is 18.0 Å². The van der Waals surface area contributed by atoms with Crippen LogP contribution in [-0.2, 0) is 11.3 Å². The molecule has 0 atom stereocenters. The third kappa shape index (κ3) is 3.94. The molecular formula is C16H17N3O6. The van der Waals surface area contributed by atoms with Crippen LogP contribution >= 0.6 is 0 Å². The lowest BCUT2D eigenvalue weighted by atomic mass is 10.2. The Kier molecular flexibility index (Phi) is 5.38. The van der Waals surface area contributed by atoms with Crippen molar-refractivity contribution in [2.75, 3.05) is 19.5 Å². The summed E-state index contributed by atoms with van der Waals surface area (Å²) in [5.41, 5.74) is -0.229. The summed E-state index contributed by atoms with van der Waals surface area (Å²) in [7, 11) is 2.95. The molecule has 25 heavy (non-hydrogen) atoms. The molecule has 0 radical (unpaired) electrons. The van der Waals surface area contributed by atoms with Gasteiger partial charge in [0, 0.05) is 18.2 Å². The Hall–Kier alpha value is -3.36. The second kappa shape index (κ2) is 7.47. The predicted molar refractivity (Wildman–Crippen MR) is 90.3 cm³/mol. The number of carbonyl (C=O) groups is 1. The highest BCUT2D eigenvalue weighted by atomic mass is 16.6. The summed E-state index contributed by atoms with van der Waals surface area (Å²) in [6, 6.07) is 7.02. The van der Waals surface area contributed by atoms with Gasteiger partial charge in [0.15, 0.2) is 0 Å². The molecule has 9 heteroatoms. The zero-order valence-corrected chi connectivity index (χ0v) is 13.9. The number of rotatable bonds is 6. The molecule has 0 bridgehead atoms. The van der Waals surface area contributed by atoms with Crippen LogP contribution in [0.2, 0.25) is 0 Å². The first-order chi connectivity index (χ1) is 11.9. The van der Waals surface area contributed by atoms with E-state index in [9.17, 15) is 19.7 Å². The number of aromatic nitrogens is 1. The predicted octanol–water partition coefficient (Wildman–Crippen LogP) is 1.72. The summed E-state index contributed by atoms with van der Waals surface area (Å²) < 4.78 is 11.3. The lowest BCUT2D eigenvalue weighted by molar-refractivity contribution is -0.386. The Bertz CT molecular complexity index is 875. The Morgan fingerprint density at radius 3 is 2.56 bits per heavy atom. The first-order valence-electron chi connectivity index (χ1n) is 7.24. The molecule has 132 valence electrons. The van der Waals surface area contributed by atoms with Crippen molar-refractivity contribution in [3.05, 3.63) is 56.5 Å². The smallest absolute Gasteiger partial charge is 0.288 e. The normalized spacial score (nSPS) is 10.2. The fourth-order valence-electron chi connectivity index (χ4n) is 2.29. The number of nitro groups is 1. The van der Waals surface area contributed by atoms with Crippen LogP contribution in [0.15, 0.2) is 35.1 Å². The zero-order chi connectivity index (χ0) is 18.6. The van der Waals surface area contributed by atoms with Gasteiger partial charge in [-0.2, -0.15) is 0 Å². The van der Waals surface area contributed by atoms with Crippen molar-refractivity contribution in [1.82, 2.24) is 4.57 Å².